The summed E-state index contributed by atoms with van der Waals surface area (Å²) in [5, 5.41) is 0. The average Bonchev–Trinajstić information content (AvgIpc) is 2.45. The van der Waals surface area contributed by atoms with Gasteiger partial charge in [-0.25, -0.2) is 0 Å². The average molecular weight is 333 g/mol. The molecule has 2 aromatic rings. The third kappa shape index (κ3) is 3.70. The Labute approximate surface area is 127 Å². The Morgan fingerprint density at radius 3 is 2.60 bits per heavy atom. The van der Waals surface area contributed by atoms with Gasteiger partial charge in [0.15, 0.2) is 6.61 Å². The molecule has 0 aliphatic carbocycles. The number of ketones is 1. The van der Waals surface area contributed by atoms with Crippen LogP contribution in [0.1, 0.15) is 35.7 Å². The third-order valence-corrected chi connectivity index (χ3v) is 3.76. The van der Waals surface area contributed by atoms with Crippen LogP contribution in [0.25, 0.3) is 0 Å². The summed E-state index contributed by atoms with van der Waals surface area (Å²) in [5.74, 6) is 1.14. The second-order valence-electron chi connectivity index (χ2n) is 4.92. The fourth-order valence-corrected chi connectivity index (χ4v) is 2.38. The topological polar surface area (TPSA) is 26.3 Å². The smallest absolute Gasteiger partial charge is 0.201 e. The van der Waals surface area contributed by atoms with Crippen molar-refractivity contribution in [1.82, 2.24) is 0 Å². The van der Waals surface area contributed by atoms with Gasteiger partial charge in [0, 0.05) is 10.0 Å². The van der Waals surface area contributed by atoms with Crippen LogP contribution in [0.5, 0.6) is 5.75 Å². The van der Waals surface area contributed by atoms with Crippen LogP contribution < -0.4 is 4.74 Å². The van der Waals surface area contributed by atoms with Crippen molar-refractivity contribution in [1.29, 1.82) is 0 Å². The lowest BCUT2D eigenvalue weighted by atomic mass is 10.0. The third-order valence-electron chi connectivity index (χ3n) is 3.07. The molecular formula is C17H17BrO2. The van der Waals surface area contributed by atoms with Crippen LogP contribution in [0.3, 0.4) is 0 Å². The Kier molecular flexibility index (Phi) is 4.96. The van der Waals surface area contributed by atoms with Crippen molar-refractivity contribution in [2.24, 2.45) is 0 Å². The largest absolute Gasteiger partial charge is 0.485 e. The first-order chi connectivity index (χ1) is 9.58. The van der Waals surface area contributed by atoms with Crippen molar-refractivity contribution in [2.75, 3.05) is 6.61 Å². The van der Waals surface area contributed by atoms with Crippen LogP contribution in [0.4, 0.5) is 0 Å². The minimum absolute atomic E-state index is 0.0348. The van der Waals surface area contributed by atoms with Crippen molar-refractivity contribution < 1.29 is 9.53 Å². The number of hydrogen-bond donors (Lipinski definition) is 0. The summed E-state index contributed by atoms with van der Waals surface area (Å²) in [7, 11) is 0. The van der Waals surface area contributed by atoms with Crippen molar-refractivity contribution in [2.45, 2.75) is 19.8 Å². The van der Waals surface area contributed by atoms with Gasteiger partial charge in [0.1, 0.15) is 5.75 Å². The van der Waals surface area contributed by atoms with Crippen LogP contribution in [-0.4, -0.2) is 12.4 Å². The van der Waals surface area contributed by atoms with Crippen LogP contribution >= 0.6 is 15.9 Å². The van der Waals surface area contributed by atoms with E-state index >= 15 is 0 Å². The molecule has 0 fully saturated rings. The van der Waals surface area contributed by atoms with Crippen LogP contribution in [0.15, 0.2) is 53.0 Å². The number of Topliss-reactive ketones (excluding diaryl/α,β-unsaturated/α-hetero) is 1. The summed E-state index contributed by atoms with van der Waals surface area (Å²) in [5.41, 5.74) is 1.85. The summed E-state index contributed by atoms with van der Waals surface area (Å²) >= 11 is 3.38. The zero-order valence-electron chi connectivity index (χ0n) is 11.6. The Hall–Kier alpha value is -1.61. The van der Waals surface area contributed by atoms with Gasteiger partial charge in [-0.3, -0.25) is 4.79 Å². The van der Waals surface area contributed by atoms with Crippen molar-refractivity contribution >= 4 is 21.7 Å². The molecule has 20 heavy (non-hydrogen) atoms. The van der Waals surface area contributed by atoms with Crippen molar-refractivity contribution in [3.63, 3.8) is 0 Å². The highest BCUT2D eigenvalue weighted by Gasteiger charge is 2.10. The van der Waals surface area contributed by atoms with Crippen LogP contribution in [0, 0.1) is 0 Å². The van der Waals surface area contributed by atoms with Gasteiger partial charge in [-0.15, -0.1) is 0 Å². The molecule has 104 valence electrons. The molecule has 0 unspecified atom stereocenters. The molecule has 3 heteroatoms. The van der Waals surface area contributed by atoms with Crippen LogP contribution in [0.2, 0.25) is 0 Å². The second-order valence-corrected chi connectivity index (χ2v) is 5.77. The van der Waals surface area contributed by atoms with Crippen LogP contribution in [-0.2, 0) is 0 Å². The summed E-state index contributed by atoms with van der Waals surface area (Å²) in [6, 6.07) is 15.2. The minimum atomic E-state index is -0.0348. The summed E-state index contributed by atoms with van der Waals surface area (Å²) in [6.07, 6.45) is 0. The summed E-state index contributed by atoms with van der Waals surface area (Å²) in [6.45, 7) is 4.31. The van der Waals surface area contributed by atoms with E-state index in [1.165, 1.54) is 5.56 Å². The zero-order chi connectivity index (χ0) is 14.5. The maximum atomic E-state index is 12.1. The van der Waals surface area contributed by atoms with Gasteiger partial charge in [0.25, 0.3) is 0 Å². The van der Waals surface area contributed by atoms with E-state index in [0.717, 1.165) is 10.2 Å². The predicted molar refractivity (Wildman–Crippen MR) is 84.5 cm³/mol. The minimum Gasteiger partial charge on any atom is -0.485 e. The van der Waals surface area contributed by atoms with Gasteiger partial charge < -0.3 is 4.74 Å². The summed E-state index contributed by atoms with van der Waals surface area (Å²) < 4.78 is 6.39. The molecule has 2 nitrogen and oxygen atoms in total. The van der Waals surface area contributed by atoms with E-state index in [2.05, 4.69) is 35.8 Å². The number of ether oxygens (including phenoxy) is 1. The van der Waals surface area contributed by atoms with Gasteiger partial charge >= 0.3 is 0 Å². The fraction of sp³-hybridized carbons (Fsp3) is 0.235. The predicted octanol–water partition coefficient (Wildman–Crippen LogP) is 4.83. The molecule has 2 aromatic carbocycles. The maximum absolute atomic E-state index is 12.1. The van der Waals surface area contributed by atoms with E-state index in [1.54, 1.807) is 6.07 Å². The molecule has 0 atom stereocenters. The molecule has 0 saturated heterocycles. The lowest BCUT2D eigenvalue weighted by Gasteiger charge is -2.10. The Bertz CT molecular complexity index is 605. The summed E-state index contributed by atoms with van der Waals surface area (Å²) in [4.78, 5) is 12.1. The number of hydrogen-bond acceptors (Lipinski definition) is 2. The van der Waals surface area contributed by atoms with E-state index < -0.39 is 0 Å². The molecule has 0 aromatic heterocycles. The molecule has 0 aliphatic heterocycles. The van der Waals surface area contributed by atoms with Gasteiger partial charge in [-0.2, -0.15) is 0 Å². The lowest BCUT2D eigenvalue weighted by Crippen LogP contribution is -2.12. The second kappa shape index (κ2) is 6.71. The van der Waals surface area contributed by atoms with Crippen molar-refractivity contribution in [3.05, 3.63) is 64.1 Å². The molecule has 0 heterocycles. The highest BCUT2D eigenvalue weighted by molar-refractivity contribution is 9.10. The molecule has 0 amide bonds. The van der Waals surface area contributed by atoms with E-state index in [-0.39, 0.29) is 12.4 Å². The van der Waals surface area contributed by atoms with Gasteiger partial charge in [0.2, 0.25) is 5.78 Å². The number of rotatable bonds is 5. The van der Waals surface area contributed by atoms with Gasteiger partial charge in [0.05, 0.1) is 0 Å². The molecule has 0 radical (unpaired) electrons. The highest BCUT2D eigenvalue weighted by atomic mass is 79.9. The number of halogens is 1. The molecule has 0 bridgehead atoms. The number of carbonyl (C=O) groups excluding carboxylic acids is 1. The van der Waals surface area contributed by atoms with E-state index in [9.17, 15) is 4.79 Å². The normalized spacial score (nSPS) is 10.6. The molecular weight excluding hydrogens is 316 g/mol. The standard InChI is InChI=1S/C17H17BrO2/c1-12(2)13-6-5-7-14(10-13)20-11-17(19)15-8-3-4-9-16(15)18/h3-10,12H,11H2,1-2H3. The van der Waals surface area contributed by atoms with E-state index in [4.69, 9.17) is 4.74 Å². The molecule has 2 rings (SSSR count). The lowest BCUT2D eigenvalue weighted by molar-refractivity contribution is 0.0920. The zero-order valence-corrected chi connectivity index (χ0v) is 13.2. The fourth-order valence-electron chi connectivity index (χ4n) is 1.88. The first-order valence-electron chi connectivity index (χ1n) is 6.58. The van der Waals surface area contributed by atoms with Gasteiger partial charge in [-0.05, 0) is 29.7 Å². The molecule has 0 N–H and O–H groups in total. The number of benzene rings is 2. The first-order valence-corrected chi connectivity index (χ1v) is 7.37. The molecule has 0 aliphatic rings. The molecule has 0 spiro atoms. The van der Waals surface area contributed by atoms with E-state index in [0.29, 0.717) is 11.5 Å². The Balaban J connectivity index is 2.04. The quantitative estimate of drug-likeness (QED) is 0.732. The molecule has 0 saturated carbocycles. The monoisotopic (exact) mass is 332 g/mol. The van der Waals surface area contributed by atoms with Gasteiger partial charge in [-0.1, -0.05) is 60.1 Å². The SMILES string of the molecule is CC(C)c1cccc(OCC(=O)c2ccccc2Br)c1. The number of carbonyl (C=O) groups is 1. The Morgan fingerprint density at radius 1 is 1.15 bits per heavy atom. The maximum Gasteiger partial charge on any atom is 0.201 e. The van der Waals surface area contributed by atoms with Crippen molar-refractivity contribution in [3.8, 4) is 5.75 Å². The Morgan fingerprint density at radius 2 is 1.90 bits per heavy atom. The highest BCUT2D eigenvalue weighted by Crippen LogP contribution is 2.21. The first kappa shape index (κ1) is 14.8. The van der Waals surface area contributed by atoms with E-state index in [1.807, 2.05) is 36.4 Å².